The number of carbonyl (C=O) groups is 1. The molecule has 0 bridgehead atoms. The average Bonchev–Trinajstić information content (AvgIpc) is 2.30. The highest BCUT2D eigenvalue weighted by Gasteiger charge is 2.48. The second kappa shape index (κ2) is 3.70. The molecule has 0 amide bonds. The van der Waals surface area contributed by atoms with Gasteiger partial charge in [0.15, 0.2) is 0 Å². The molecule has 1 unspecified atom stereocenters. The molecule has 0 spiro atoms. The third-order valence-corrected chi connectivity index (χ3v) is 5.70. The van der Waals surface area contributed by atoms with E-state index >= 15 is 0 Å². The lowest BCUT2D eigenvalue weighted by molar-refractivity contribution is -0.155. The Hall–Kier alpha value is -0.620. The molecule has 1 N–H and O–H groups in total. The highest BCUT2D eigenvalue weighted by molar-refractivity contribution is 7.89. The van der Waals surface area contributed by atoms with Crippen molar-refractivity contribution in [3.8, 4) is 0 Å². The number of carboxylic acid groups (broad SMARTS) is 1. The fourth-order valence-corrected chi connectivity index (χ4v) is 4.48. The molecule has 0 radical (unpaired) electrons. The SMILES string of the molecule is CC1CN(CC2(C(=O)O)CCC2)S(=O)(=O)C1. The van der Waals surface area contributed by atoms with Crippen molar-refractivity contribution >= 4 is 16.0 Å². The van der Waals surface area contributed by atoms with Gasteiger partial charge < -0.3 is 5.11 Å². The second-order valence-electron chi connectivity index (χ2n) is 5.12. The summed E-state index contributed by atoms with van der Waals surface area (Å²) in [5.41, 5.74) is -0.808. The molecule has 2 fully saturated rings. The van der Waals surface area contributed by atoms with Gasteiger partial charge in [0.2, 0.25) is 10.0 Å². The number of hydrogen-bond donors (Lipinski definition) is 1. The minimum atomic E-state index is -3.21. The predicted octanol–water partition coefficient (Wildman–Crippen LogP) is 0.523. The van der Waals surface area contributed by atoms with Crippen LogP contribution in [0, 0.1) is 11.3 Å². The monoisotopic (exact) mass is 247 g/mol. The van der Waals surface area contributed by atoms with Gasteiger partial charge in [-0.15, -0.1) is 0 Å². The van der Waals surface area contributed by atoms with E-state index in [1.165, 1.54) is 4.31 Å². The molecular formula is C10H17NO4S. The Morgan fingerprint density at radius 3 is 2.44 bits per heavy atom. The third kappa shape index (κ3) is 1.84. The summed E-state index contributed by atoms with van der Waals surface area (Å²) < 4.78 is 24.9. The van der Waals surface area contributed by atoms with Crippen LogP contribution in [0.15, 0.2) is 0 Å². The normalized spacial score (nSPS) is 32.2. The molecule has 1 saturated carbocycles. The fraction of sp³-hybridized carbons (Fsp3) is 0.900. The van der Waals surface area contributed by atoms with Crippen LogP contribution >= 0.6 is 0 Å². The Morgan fingerprint density at radius 1 is 1.50 bits per heavy atom. The molecule has 16 heavy (non-hydrogen) atoms. The molecule has 0 aromatic carbocycles. The molecule has 2 aliphatic rings. The molecule has 1 aliphatic heterocycles. The van der Waals surface area contributed by atoms with Gasteiger partial charge in [-0.25, -0.2) is 12.7 Å². The molecule has 0 aromatic rings. The molecule has 1 aliphatic carbocycles. The molecule has 1 heterocycles. The molecule has 6 heteroatoms. The summed E-state index contributed by atoms with van der Waals surface area (Å²) >= 11 is 0. The highest BCUT2D eigenvalue weighted by atomic mass is 32.2. The number of rotatable bonds is 3. The van der Waals surface area contributed by atoms with Crippen molar-refractivity contribution in [2.24, 2.45) is 11.3 Å². The summed E-state index contributed by atoms with van der Waals surface area (Å²) in [6, 6.07) is 0. The van der Waals surface area contributed by atoms with Crippen molar-refractivity contribution in [3.05, 3.63) is 0 Å². The van der Waals surface area contributed by atoms with Crippen LogP contribution in [0.1, 0.15) is 26.2 Å². The van der Waals surface area contributed by atoms with Gasteiger partial charge in [0, 0.05) is 13.1 Å². The summed E-state index contributed by atoms with van der Waals surface area (Å²) in [5, 5.41) is 9.16. The number of aliphatic carboxylic acids is 1. The van der Waals surface area contributed by atoms with Crippen molar-refractivity contribution in [2.45, 2.75) is 26.2 Å². The minimum Gasteiger partial charge on any atom is -0.481 e. The van der Waals surface area contributed by atoms with Gasteiger partial charge in [0.05, 0.1) is 11.2 Å². The van der Waals surface area contributed by atoms with E-state index in [0.717, 1.165) is 6.42 Å². The lowest BCUT2D eigenvalue weighted by atomic mass is 9.69. The van der Waals surface area contributed by atoms with E-state index in [-0.39, 0.29) is 18.2 Å². The van der Waals surface area contributed by atoms with E-state index in [2.05, 4.69) is 0 Å². The third-order valence-electron chi connectivity index (χ3n) is 3.65. The van der Waals surface area contributed by atoms with Crippen LogP contribution < -0.4 is 0 Å². The lowest BCUT2D eigenvalue weighted by Gasteiger charge is -2.39. The predicted molar refractivity (Wildman–Crippen MR) is 58.4 cm³/mol. The zero-order valence-electron chi connectivity index (χ0n) is 9.35. The average molecular weight is 247 g/mol. The van der Waals surface area contributed by atoms with Crippen molar-refractivity contribution < 1.29 is 18.3 Å². The van der Waals surface area contributed by atoms with Crippen LogP contribution in [0.4, 0.5) is 0 Å². The van der Waals surface area contributed by atoms with E-state index in [4.69, 9.17) is 5.11 Å². The zero-order chi connectivity index (χ0) is 12.0. The molecule has 2 rings (SSSR count). The van der Waals surface area contributed by atoms with Gasteiger partial charge in [-0.3, -0.25) is 4.79 Å². The Balaban J connectivity index is 2.13. The Bertz CT molecular complexity index is 399. The Morgan fingerprint density at radius 2 is 2.12 bits per heavy atom. The summed E-state index contributed by atoms with van der Waals surface area (Å²) in [4.78, 5) is 11.2. The van der Waals surface area contributed by atoms with E-state index in [1.807, 2.05) is 6.92 Å². The number of nitrogens with zero attached hydrogens (tertiary/aromatic N) is 1. The van der Waals surface area contributed by atoms with Gasteiger partial charge in [-0.05, 0) is 18.8 Å². The molecular weight excluding hydrogens is 230 g/mol. The van der Waals surface area contributed by atoms with Crippen molar-refractivity contribution in [3.63, 3.8) is 0 Å². The van der Waals surface area contributed by atoms with Gasteiger partial charge in [0.1, 0.15) is 0 Å². The fourth-order valence-electron chi connectivity index (χ4n) is 2.52. The quantitative estimate of drug-likeness (QED) is 0.789. The zero-order valence-corrected chi connectivity index (χ0v) is 10.2. The van der Waals surface area contributed by atoms with Crippen LogP contribution in [0.5, 0.6) is 0 Å². The standard InChI is InChI=1S/C10H17NO4S/c1-8-5-11(16(14,15)6-8)7-10(9(12)13)3-2-4-10/h8H,2-7H2,1H3,(H,12,13). The Kier molecular flexibility index (Phi) is 2.74. The summed E-state index contributed by atoms with van der Waals surface area (Å²) in [5.74, 6) is -0.590. The van der Waals surface area contributed by atoms with Crippen molar-refractivity contribution in [1.29, 1.82) is 0 Å². The molecule has 0 aromatic heterocycles. The van der Waals surface area contributed by atoms with Crippen LogP contribution in [-0.4, -0.2) is 42.6 Å². The first-order chi connectivity index (χ1) is 7.36. The van der Waals surface area contributed by atoms with Crippen molar-refractivity contribution in [2.75, 3.05) is 18.8 Å². The van der Waals surface area contributed by atoms with Crippen LogP contribution in [0.3, 0.4) is 0 Å². The molecule has 1 saturated heterocycles. The van der Waals surface area contributed by atoms with E-state index in [1.54, 1.807) is 0 Å². The van der Waals surface area contributed by atoms with Crippen molar-refractivity contribution in [1.82, 2.24) is 4.31 Å². The van der Waals surface area contributed by atoms with E-state index < -0.39 is 21.4 Å². The topological polar surface area (TPSA) is 74.7 Å². The summed E-state index contributed by atoms with van der Waals surface area (Å²) in [6.45, 7) is 2.51. The molecule has 1 atom stereocenters. The van der Waals surface area contributed by atoms with Crippen LogP contribution in [0.2, 0.25) is 0 Å². The van der Waals surface area contributed by atoms with Gasteiger partial charge in [-0.1, -0.05) is 13.3 Å². The second-order valence-corrected chi connectivity index (χ2v) is 7.13. The number of hydrogen-bond acceptors (Lipinski definition) is 3. The maximum Gasteiger partial charge on any atom is 0.310 e. The molecule has 92 valence electrons. The lowest BCUT2D eigenvalue weighted by Crippen LogP contribution is -2.48. The smallest absolute Gasteiger partial charge is 0.310 e. The summed E-state index contributed by atoms with van der Waals surface area (Å²) in [6.07, 6.45) is 2.08. The first-order valence-electron chi connectivity index (χ1n) is 5.57. The van der Waals surface area contributed by atoms with Gasteiger partial charge in [0.25, 0.3) is 0 Å². The number of sulfonamides is 1. The summed E-state index contributed by atoms with van der Waals surface area (Å²) in [7, 11) is -3.21. The van der Waals surface area contributed by atoms with E-state index in [0.29, 0.717) is 19.4 Å². The first kappa shape index (κ1) is 11.9. The number of carboxylic acids is 1. The first-order valence-corrected chi connectivity index (χ1v) is 7.18. The maximum absolute atomic E-state index is 11.7. The van der Waals surface area contributed by atoms with Gasteiger partial charge in [-0.2, -0.15) is 0 Å². The van der Waals surface area contributed by atoms with Crippen LogP contribution in [0.25, 0.3) is 0 Å². The maximum atomic E-state index is 11.7. The Labute approximate surface area is 95.5 Å². The largest absolute Gasteiger partial charge is 0.481 e. The van der Waals surface area contributed by atoms with E-state index in [9.17, 15) is 13.2 Å². The minimum absolute atomic E-state index is 0.107. The highest BCUT2D eigenvalue weighted by Crippen LogP contribution is 2.43. The van der Waals surface area contributed by atoms with Gasteiger partial charge >= 0.3 is 5.97 Å². The van der Waals surface area contributed by atoms with Crippen LogP contribution in [-0.2, 0) is 14.8 Å². The molecule has 5 nitrogen and oxygen atoms in total.